The molecule has 0 aromatic carbocycles. The van der Waals surface area contributed by atoms with E-state index in [2.05, 4.69) is 17.3 Å². The summed E-state index contributed by atoms with van der Waals surface area (Å²) >= 11 is 0. The van der Waals surface area contributed by atoms with Gasteiger partial charge in [0, 0.05) is 37.9 Å². The van der Waals surface area contributed by atoms with Crippen molar-refractivity contribution in [2.45, 2.75) is 46.6 Å². The van der Waals surface area contributed by atoms with Crippen LogP contribution in [0, 0.1) is 5.41 Å². The first kappa shape index (κ1) is 17.3. The van der Waals surface area contributed by atoms with Gasteiger partial charge < -0.3 is 15.3 Å². The zero-order valence-electron chi connectivity index (χ0n) is 14.3. The largest absolute Gasteiger partial charge is 0.481 e. The number of nitrogens with zero attached hydrogens (tertiary/aromatic N) is 3. The number of aromatic nitrogens is 2. The quantitative estimate of drug-likeness (QED) is 0.861. The smallest absolute Gasteiger partial charge is 0.317 e. The molecule has 2 rings (SSSR count). The van der Waals surface area contributed by atoms with Crippen LogP contribution in [0.25, 0.3) is 0 Å². The maximum absolute atomic E-state index is 12.3. The molecule has 7 nitrogen and oxygen atoms in total. The fourth-order valence-corrected chi connectivity index (χ4v) is 3.18. The Bertz CT molecular complexity index is 611. The van der Waals surface area contributed by atoms with Gasteiger partial charge in [-0.2, -0.15) is 5.10 Å². The van der Waals surface area contributed by atoms with Crippen molar-refractivity contribution in [2.24, 2.45) is 12.5 Å². The SMILES string of the molecule is CCc1nn(C)c(CC)c1CNC(=O)N1CCC(C)(C(=O)O)C1. The van der Waals surface area contributed by atoms with Crippen LogP contribution in [0.15, 0.2) is 0 Å². The molecule has 0 bridgehead atoms. The highest BCUT2D eigenvalue weighted by Gasteiger charge is 2.42. The Hall–Kier alpha value is -2.05. The van der Waals surface area contributed by atoms with Gasteiger partial charge in [0.2, 0.25) is 0 Å². The Kier molecular flexibility index (Phi) is 4.97. The third-order valence-electron chi connectivity index (χ3n) is 4.72. The number of amides is 2. The average Bonchev–Trinajstić information content (AvgIpc) is 3.06. The number of carbonyl (C=O) groups is 2. The van der Waals surface area contributed by atoms with E-state index in [1.54, 1.807) is 11.8 Å². The van der Waals surface area contributed by atoms with E-state index in [0.717, 1.165) is 29.8 Å². The summed E-state index contributed by atoms with van der Waals surface area (Å²) in [5.41, 5.74) is 2.36. The van der Waals surface area contributed by atoms with E-state index in [1.807, 2.05) is 18.7 Å². The van der Waals surface area contributed by atoms with Crippen LogP contribution < -0.4 is 5.32 Å². The van der Waals surface area contributed by atoms with Crippen molar-refractivity contribution >= 4 is 12.0 Å². The average molecular weight is 322 g/mol. The molecule has 1 aliphatic heterocycles. The first-order chi connectivity index (χ1) is 10.8. The van der Waals surface area contributed by atoms with Crippen molar-refractivity contribution < 1.29 is 14.7 Å². The van der Waals surface area contributed by atoms with Crippen molar-refractivity contribution in [1.82, 2.24) is 20.0 Å². The molecule has 128 valence electrons. The number of hydrogen-bond acceptors (Lipinski definition) is 3. The van der Waals surface area contributed by atoms with Crippen molar-refractivity contribution in [1.29, 1.82) is 0 Å². The van der Waals surface area contributed by atoms with Gasteiger partial charge in [-0.1, -0.05) is 13.8 Å². The number of carboxylic acids is 1. The Labute approximate surface area is 136 Å². The summed E-state index contributed by atoms with van der Waals surface area (Å²) in [5, 5.41) is 16.7. The highest BCUT2D eigenvalue weighted by Crippen LogP contribution is 2.30. The molecule has 1 aromatic heterocycles. The third kappa shape index (κ3) is 3.33. The van der Waals surface area contributed by atoms with E-state index in [4.69, 9.17) is 0 Å². The molecule has 1 fully saturated rings. The summed E-state index contributed by atoms with van der Waals surface area (Å²) in [7, 11) is 1.92. The highest BCUT2D eigenvalue weighted by molar-refractivity contribution is 5.79. The topological polar surface area (TPSA) is 87.5 Å². The molecule has 1 saturated heterocycles. The van der Waals surface area contributed by atoms with Crippen molar-refractivity contribution in [2.75, 3.05) is 13.1 Å². The Morgan fingerprint density at radius 2 is 2.04 bits per heavy atom. The van der Waals surface area contributed by atoms with E-state index >= 15 is 0 Å². The maximum Gasteiger partial charge on any atom is 0.317 e. The van der Waals surface area contributed by atoms with Crippen LogP contribution >= 0.6 is 0 Å². The number of nitrogens with one attached hydrogen (secondary N) is 1. The summed E-state index contributed by atoms with van der Waals surface area (Å²) < 4.78 is 1.87. The van der Waals surface area contributed by atoms with Gasteiger partial charge in [0.15, 0.2) is 0 Å². The predicted octanol–water partition coefficient (Wildman–Crippen LogP) is 1.55. The van der Waals surface area contributed by atoms with E-state index in [9.17, 15) is 14.7 Å². The molecule has 0 radical (unpaired) electrons. The number of aryl methyl sites for hydroxylation is 2. The van der Waals surface area contributed by atoms with Crippen LogP contribution in [-0.4, -0.2) is 44.9 Å². The first-order valence-corrected chi connectivity index (χ1v) is 8.12. The summed E-state index contributed by atoms with van der Waals surface area (Å²) in [6.45, 7) is 6.96. The van der Waals surface area contributed by atoms with Gasteiger partial charge in [0.05, 0.1) is 11.1 Å². The van der Waals surface area contributed by atoms with E-state index in [1.165, 1.54) is 0 Å². The van der Waals surface area contributed by atoms with Crippen LogP contribution in [0.2, 0.25) is 0 Å². The molecule has 0 saturated carbocycles. The number of aliphatic carboxylic acids is 1. The second-order valence-corrected chi connectivity index (χ2v) is 6.40. The number of likely N-dealkylation sites (tertiary alicyclic amines) is 1. The first-order valence-electron chi connectivity index (χ1n) is 8.12. The van der Waals surface area contributed by atoms with Gasteiger partial charge >= 0.3 is 12.0 Å². The number of carboxylic acid groups (broad SMARTS) is 1. The molecule has 1 atom stereocenters. The van der Waals surface area contributed by atoms with Gasteiger partial charge in [0.1, 0.15) is 0 Å². The van der Waals surface area contributed by atoms with Crippen molar-refractivity contribution in [3.63, 3.8) is 0 Å². The van der Waals surface area contributed by atoms with Crippen LogP contribution in [0.4, 0.5) is 4.79 Å². The minimum atomic E-state index is -0.846. The lowest BCUT2D eigenvalue weighted by molar-refractivity contribution is -0.147. The van der Waals surface area contributed by atoms with Gasteiger partial charge in [0.25, 0.3) is 0 Å². The molecule has 2 amide bonds. The molecular weight excluding hydrogens is 296 g/mol. The predicted molar refractivity (Wildman–Crippen MR) is 86.1 cm³/mol. The zero-order chi connectivity index (χ0) is 17.2. The lowest BCUT2D eigenvalue weighted by Crippen LogP contribution is -2.40. The van der Waals surface area contributed by atoms with Crippen LogP contribution in [-0.2, 0) is 31.2 Å². The molecule has 7 heteroatoms. The minimum absolute atomic E-state index is 0.206. The lowest BCUT2D eigenvalue weighted by Gasteiger charge is -2.20. The van der Waals surface area contributed by atoms with Gasteiger partial charge in [-0.15, -0.1) is 0 Å². The molecule has 0 aliphatic carbocycles. The minimum Gasteiger partial charge on any atom is -0.481 e. The fourth-order valence-electron chi connectivity index (χ4n) is 3.18. The highest BCUT2D eigenvalue weighted by atomic mass is 16.4. The monoisotopic (exact) mass is 322 g/mol. The molecule has 2 heterocycles. The molecule has 0 spiro atoms. The molecule has 1 unspecified atom stereocenters. The summed E-state index contributed by atoms with van der Waals surface area (Å²) in [6.07, 6.45) is 2.17. The standard InChI is InChI=1S/C16H26N4O3/c1-5-12-11(13(6-2)19(4)18-12)9-17-15(23)20-8-7-16(3,10-20)14(21)22/h5-10H2,1-4H3,(H,17,23)(H,21,22). The normalized spacial score (nSPS) is 20.8. The molecule has 2 N–H and O–H groups in total. The fraction of sp³-hybridized carbons (Fsp3) is 0.688. The molecular formula is C16H26N4O3. The number of hydrogen-bond donors (Lipinski definition) is 2. The maximum atomic E-state index is 12.3. The summed E-state index contributed by atoms with van der Waals surface area (Å²) in [5.74, 6) is -0.846. The van der Waals surface area contributed by atoms with E-state index in [0.29, 0.717) is 19.5 Å². The van der Waals surface area contributed by atoms with Gasteiger partial charge in [-0.25, -0.2) is 4.79 Å². The number of carbonyl (C=O) groups excluding carboxylic acids is 1. The lowest BCUT2D eigenvalue weighted by atomic mass is 9.90. The Morgan fingerprint density at radius 3 is 2.57 bits per heavy atom. The van der Waals surface area contributed by atoms with Gasteiger partial charge in [-0.05, 0) is 26.2 Å². The second kappa shape index (κ2) is 6.60. The summed E-state index contributed by atoms with van der Waals surface area (Å²) in [6, 6.07) is -0.206. The Morgan fingerprint density at radius 1 is 1.35 bits per heavy atom. The van der Waals surface area contributed by atoms with E-state index < -0.39 is 11.4 Å². The number of rotatable bonds is 5. The third-order valence-corrected chi connectivity index (χ3v) is 4.72. The second-order valence-electron chi connectivity index (χ2n) is 6.40. The van der Waals surface area contributed by atoms with Crippen LogP contribution in [0.5, 0.6) is 0 Å². The van der Waals surface area contributed by atoms with Crippen molar-refractivity contribution in [3.8, 4) is 0 Å². The zero-order valence-corrected chi connectivity index (χ0v) is 14.3. The molecule has 23 heavy (non-hydrogen) atoms. The van der Waals surface area contributed by atoms with Crippen LogP contribution in [0.3, 0.4) is 0 Å². The Balaban J connectivity index is 2.02. The number of urea groups is 1. The van der Waals surface area contributed by atoms with Crippen molar-refractivity contribution in [3.05, 3.63) is 17.0 Å². The van der Waals surface area contributed by atoms with E-state index in [-0.39, 0.29) is 12.6 Å². The van der Waals surface area contributed by atoms with Crippen LogP contribution in [0.1, 0.15) is 44.1 Å². The molecule has 1 aromatic rings. The molecule has 1 aliphatic rings. The summed E-state index contributed by atoms with van der Waals surface area (Å²) in [4.78, 5) is 25.2. The van der Waals surface area contributed by atoms with Gasteiger partial charge in [-0.3, -0.25) is 9.48 Å².